The summed E-state index contributed by atoms with van der Waals surface area (Å²) in [4.78, 5) is 82.3. The molecule has 16 heteroatoms. The van der Waals surface area contributed by atoms with E-state index in [-0.39, 0.29) is 66.9 Å². The van der Waals surface area contributed by atoms with Crippen molar-refractivity contribution in [1.29, 1.82) is 0 Å². The topological polar surface area (TPSA) is 212 Å². The number of carbonyl (C=O) groups excluding carboxylic acids is 5. The van der Waals surface area contributed by atoms with Crippen LogP contribution in [0.1, 0.15) is 126 Å². The van der Waals surface area contributed by atoms with Crippen molar-refractivity contribution < 1.29 is 67.3 Å². The highest BCUT2D eigenvalue weighted by atomic mass is 31.2. The lowest BCUT2D eigenvalue weighted by molar-refractivity contribution is -0.265. The van der Waals surface area contributed by atoms with Crippen molar-refractivity contribution in [3.8, 4) is 0 Å². The maximum atomic E-state index is 14.5. The first-order chi connectivity index (χ1) is 32.4. The fraction of sp³-hybridized carbons (Fsp3) is 0.755. The van der Waals surface area contributed by atoms with Gasteiger partial charge in [0.2, 0.25) is 5.79 Å². The molecule has 0 radical (unpaired) electrons. The van der Waals surface area contributed by atoms with Crippen molar-refractivity contribution in [2.75, 3.05) is 40.7 Å². The van der Waals surface area contributed by atoms with Crippen molar-refractivity contribution in [2.24, 2.45) is 41.4 Å². The Morgan fingerprint density at radius 3 is 2.25 bits per heavy atom. The molecular formula is C53H84NO14P. The molecule has 4 rings (SSSR count). The van der Waals surface area contributed by atoms with E-state index >= 15 is 0 Å². The van der Waals surface area contributed by atoms with E-state index in [0.29, 0.717) is 63.4 Å². The van der Waals surface area contributed by atoms with E-state index in [1.807, 2.05) is 58.1 Å². The first-order valence-electron chi connectivity index (χ1n) is 25.2. The van der Waals surface area contributed by atoms with Crippen LogP contribution in [0.25, 0.3) is 0 Å². The van der Waals surface area contributed by atoms with E-state index in [0.717, 1.165) is 12.0 Å². The van der Waals surface area contributed by atoms with E-state index in [1.54, 1.807) is 41.1 Å². The number of hydrogen-bond donors (Lipinski definition) is 3. The average molecular weight is 990 g/mol. The van der Waals surface area contributed by atoms with Gasteiger partial charge in [-0.2, -0.15) is 0 Å². The van der Waals surface area contributed by atoms with Crippen molar-refractivity contribution in [1.82, 2.24) is 4.90 Å². The standard InChI is InChI=1S/C53H84NO14P/c1-32-17-13-12-14-18-33(2)44(64-8)29-41-23-20-38(7)53(61,68-41)50(58)51(59)54-24-16-15-19-42(54)52(60)67-45(35(4)27-39-21-22-40(31-69(11,62)63)46(28-39)65-9)30-43(55)34(3)26-37(6)48(57)49(66-10)47(56)36(5)25-32/h12-14,17-18,26,32,34-36,38-42,44-46,48-49,57,61H,15-16,19-25,27-31H2,1-11H3,(H,62,63)/b14-12+,17-13+,33-18-,37-26+/t32-,34-,35-,36-,38-,39+,40+,41+,42+,44+,45+,46-,48-,49+,53-/m1/s1. The zero-order chi connectivity index (χ0) is 51.4. The molecule has 390 valence electrons. The van der Waals surface area contributed by atoms with Crippen LogP contribution in [0.4, 0.5) is 0 Å². The fourth-order valence-corrected chi connectivity index (χ4v) is 12.2. The number of rotatable bonds is 8. The molecule has 15 nitrogen and oxygen atoms in total. The van der Waals surface area contributed by atoms with Gasteiger partial charge in [-0.15, -0.1) is 0 Å². The summed E-state index contributed by atoms with van der Waals surface area (Å²) < 4.78 is 42.1. The van der Waals surface area contributed by atoms with E-state index in [2.05, 4.69) is 0 Å². The van der Waals surface area contributed by atoms with Gasteiger partial charge in [0.1, 0.15) is 30.1 Å². The monoisotopic (exact) mass is 990 g/mol. The number of fused-ring (bicyclic) bond motifs is 3. The van der Waals surface area contributed by atoms with Gasteiger partial charge in [-0.25, -0.2) is 4.79 Å². The summed E-state index contributed by atoms with van der Waals surface area (Å²) in [6.07, 6.45) is 11.9. The molecule has 0 aromatic rings. The number of piperidine rings is 1. The quantitative estimate of drug-likeness (QED) is 0.0941. The van der Waals surface area contributed by atoms with Crippen LogP contribution >= 0.6 is 7.37 Å². The van der Waals surface area contributed by atoms with Crippen LogP contribution in [0.3, 0.4) is 0 Å². The van der Waals surface area contributed by atoms with E-state index in [4.69, 9.17) is 23.7 Å². The van der Waals surface area contributed by atoms with E-state index in [9.17, 15) is 43.6 Å². The number of cyclic esters (lactones) is 1. The maximum absolute atomic E-state index is 14.5. The van der Waals surface area contributed by atoms with Crippen LogP contribution in [-0.2, 0) is 52.2 Å². The van der Waals surface area contributed by atoms with Crippen LogP contribution in [-0.4, -0.2) is 138 Å². The highest BCUT2D eigenvalue weighted by Crippen LogP contribution is 2.45. The van der Waals surface area contributed by atoms with Crippen molar-refractivity contribution in [3.63, 3.8) is 0 Å². The number of allylic oxidation sites excluding steroid dienone is 6. The zero-order valence-corrected chi connectivity index (χ0v) is 44.1. The Morgan fingerprint density at radius 2 is 1.59 bits per heavy atom. The predicted octanol–water partition coefficient (Wildman–Crippen LogP) is 7.34. The average Bonchev–Trinajstić information content (AvgIpc) is 3.30. The summed E-state index contributed by atoms with van der Waals surface area (Å²) in [7, 11) is 1.25. The van der Waals surface area contributed by atoms with Crippen LogP contribution in [0.2, 0.25) is 0 Å². The second-order valence-corrected chi connectivity index (χ2v) is 23.5. The number of Topliss-reactive ketones (excluding diaryl/α,β-unsaturated/α-hetero) is 3. The minimum absolute atomic E-state index is 0.00815. The number of hydrogen-bond acceptors (Lipinski definition) is 13. The van der Waals surface area contributed by atoms with Crippen LogP contribution in [0.15, 0.2) is 47.6 Å². The number of amides is 1. The number of ether oxygens (including phenoxy) is 5. The Morgan fingerprint density at radius 1 is 0.884 bits per heavy atom. The third-order valence-corrected chi connectivity index (χ3v) is 16.4. The van der Waals surface area contributed by atoms with Gasteiger partial charge >= 0.3 is 5.97 Å². The largest absolute Gasteiger partial charge is 0.460 e. The zero-order valence-electron chi connectivity index (χ0n) is 43.2. The summed E-state index contributed by atoms with van der Waals surface area (Å²) in [6, 6.07) is -1.16. The second-order valence-electron chi connectivity index (χ2n) is 21.0. The molecule has 2 bridgehead atoms. The Labute approximate surface area is 411 Å². The first kappa shape index (κ1) is 58.4. The normalized spacial score (nSPS) is 39.7. The van der Waals surface area contributed by atoms with Gasteiger partial charge in [-0.05, 0) is 113 Å². The Hall–Kier alpha value is -3.14. The number of ketones is 3. The molecule has 3 heterocycles. The fourth-order valence-electron chi connectivity index (χ4n) is 10.9. The van der Waals surface area contributed by atoms with Gasteiger partial charge in [0, 0.05) is 71.3 Å². The van der Waals surface area contributed by atoms with Crippen LogP contribution in [0.5, 0.6) is 0 Å². The number of methoxy groups -OCH3 is 3. The lowest BCUT2D eigenvalue weighted by Crippen LogP contribution is -2.61. The minimum atomic E-state index is -3.29. The molecular weight excluding hydrogens is 906 g/mol. The molecule has 1 amide bonds. The van der Waals surface area contributed by atoms with Gasteiger partial charge in [0.15, 0.2) is 13.2 Å². The lowest BCUT2D eigenvalue weighted by Gasteiger charge is -2.42. The van der Waals surface area contributed by atoms with Gasteiger partial charge < -0.3 is 43.7 Å². The van der Waals surface area contributed by atoms with Gasteiger partial charge in [-0.3, -0.25) is 23.7 Å². The molecule has 0 spiro atoms. The molecule has 3 N–H and O–H groups in total. The highest BCUT2D eigenvalue weighted by Gasteiger charge is 2.53. The molecule has 1 unspecified atom stereocenters. The first-order valence-corrected chi connectivity index (χ1v) is 27.5. The molecule has 69 heavy (non-hydrogen) atoms. The molecule has 16 atom stereocenters. The number of aliphatic hydroxyl groups excluding tert-OH is 1. The minimum Gasteiger partial charge on any atom is -0.460 e. The molecule has 3 aliphatic heterocycles. The van der Waals surface area contributed by atoms with E-state index < -0.39 is 85.1 Å². The number of esters is 1. The molecule has 0 aromatic heterocycles. The van der Waals surface area contributed by atoms with Crippen LogP contribution < -0.4 is 0 Å². The second kappa shape index (κ2) is 26.5. The molecule has 0 aromatic carbocycles. The Kier molecular flexibility index (Phi) is 22.5. The molecule has 4 aliphatic rings. The molecule has 1 aliphatic carbocycles. The van der Waals surface area contributed by atoms with Crippen molar-refractivity contribution >= 4 is 36.6 Å². The third-order valence-electron chi connectivity index (χ3n) is 15.2. The summed E-state index contributed by atoms with van der Waals surface area (Å²) in [6.45, 7) is 14.0. The summed E-state index contributed by atoms with van der Waals surface area (Å²) in [5, 5.41) is 23.5. The molecule has 2 saturated heterocycles. The van der Waals surface area contributed by atoms with E-state index in [1.165, 1.54) is 18.7 Å². The summed E-state index contributed by atoms with van der Waals surface area (Å²) in [5.41, 5.74) is 1.25. The lowest BCUT2D eigenvalue weighted by atomic mass is 9.75. The van der Waals surface area contributed by atoms with Gasteiger partial charge in [0.05, 0.1) is 18.3 Å². The maximum Gasteiger partial charge on any atom is 0.329 e. The Balaban J connectivity index is 1.70. The predicted molar refractivity (Wildman–Crippen MR) is 263 cm³/mol. The van der Waals surface area contributed by atoms with Gasteiger partial charge in [0.25, 0.3) is 11.7 Å². The van der Waals surface area contributed by atoms with Crippen LogP contribution in [0, 0.1) is 41.4 Å². The smallest absolute Gasteiger partial charge is 0.329 e. The SMILES string of the molecule is CO[C@H]1C[C@@H]2CC[C@@H](C)[C@@](O)(O2)C(=O)C(=O)N2CCCC[C@H]2C(=O)O[C@H]([C@H](C)C[C@@H]2CC[C@@H](CP(C)(=O)O)[C@H](OC)C2)CC(=O)[C@H](C)/C=C(\C)[C@@H](O)[C@@H](OC)C(=O)[C@H](C)C[C@H](C)/C=C/C=C/C=C\1C. The summed E-state index contributed by atoms with van der Waals surface area (Å²) in [5.74, 6) is -8.26. The van der Waals surface area contributed by atoms with Crippen molar-refractivity contribution in [3.05, 3.63) is 47.6 Å². The number of nitrogens with zero attached hydrogens (tertiary/aromatic N) is 1. The number of aliphatic hydroxyl groups is 2. The number of carbonyl (C=O) groups is 5. The Bertz CT molecular complexity index is 1940. The molecule has 1 saturated carbocycles. The summed E-state index contributed by atoms with van der Waals surface area (Å²) >= 11 is 0. The highest BCUT2D eigenvalue weighted by molar-refractivity contribution is 7.57. The molecule has 3 fully saturated rings. The van der Waals surface area contributed by atoms with Crippen molar-refractivity contribution in [2.45, 2.75) is 174 Å². The van der Waals surface area contributed by atoms with Gasteiger partial charge in [-0.1, -0.05) is 71.1 Å². The third kappa shape index (κ3) is 16.2.